The van der Waals surface area contributed by atoms with Crippen molar-refractivity contribution in [1.82, 2.24) is 10.6 Å². The molecule has 0 heterocycles. The molecule has 1 aliphatic carbocycles. The summed E-state index contributed by atoms with van der Waals surface area (Å²) < 4.78 is 0. The topological polar surface area (TPSA) is 41.1 Å². The lowest BCUT2D eigenvalue weighted by atomic mass is 10.1. The largest absolute Gasteiger partial charge is 0.341 e. The molecule has 1 aliphatic rings. The fourth-order valence-corrected chi connectivity index (χ4v) is 2.33. The van der Waals surface area contributed by atoms with Gasteiger partial charge in [0.2, 0.25) is 0 Å². The summed E-state index contributed by atoms with van der Waals surface area (Å²) in [4.78, 5) is 11.3. The average molecular weight is 259 g/mol. The second-order valence-electron chi connectivity index (χ2n) is 3.91. The average Bonchev–Trinajstić information content (AvgIpc) is 2.98. The molecule has 1 fully saturated rings. The Hall–Kier alpha value is -0.930. The van der Waals surface area contributed by atoms with E-state index in [1.54, 1.807) is 19.2 Å². The van der Waals surface area contributed by atoms with Gasteiger partial charge in [-0.1, -0.05) is 29.3 Å². The van der Waals surface area contributed by atoms with Gasteiger partial charge >= 0.3 is 6.03 Å². The minimum Gasteiger partial charge on any atom is -0.341 e. The number of rotatable bonds is 2. The molecule has 1 aromatic carbocycles. The maximum atomic E-state index is 11.3. The summed E-state index contributed by atoms with van der Waals surface area (Å²) in [5.41, 5.74) is 0.629. The molecule has 0 bridgehead atoms. The smallest absolute Gasteiger partial charge is 0.315 e. The first-order chi connectivity index (χ1) is 7.57. The van der Waals surface area contributed by atoms with Gasteiger partial charge in [-0.05, 0) is 30.5 Å². The molecular weight excluding hydrogens is 247 g/mol. The molecule has 0 saturated heterocycles. The quantitative estimate of drug-likeness (QED) is 0.842. The first kappa shape index (κ1) is 11.6. The Bertz CT molecular complexity index is 430. The summed E-state index contributed by atoms with van der Waals surface area (Å²) in [6.45, 7) is 0. The summed E-state index contributed by atoms with van der Waals surface area (Å²) in [6.07, 6.45) is 1.81. The number of nitrogens with one attached hydrogen (secondary N) is 2. The number of benzene rings is 1. The van der Waals surface area contributed by atoms with Gasteiger partial charge in [0, 0.05) is 17.1 Å². The van der Waals surface area contributed by atoms with Crippen LogP contribution in [0.5, 0.6) is 0 Å². The Balaban J connectivity index is 2.26. The van der Waals surface area contributed by atoms with E-state index in [0.29, 0.717) is 10.0 Å². The molecule has 16 heavy (non-hydrogen) atoms. The van der Waals surface area contributed by atoms with Gasteiger partial charge in [0.05, 0.1) is 5.54 Å². The SMILES string of the molecule is CNC(=O)NC1(c2ccc(Cl)cc2Cl)CC1. The van der Waals surface area contributed by atoms with Crippen molar-refractivity contribution in [3.63, 3.8) is 0 Å². The first-order valence-electron chi connectivity index (χ1n) is 5.03. The van der Waals surface area contributed by atoms with Crippen molar-refractivity contribution < 1.29 is 4.79 Å². The Morgan fingerprint density at radius 3 is 2.56 bits per heavy atom. The zero-order chi connectivity index (χ0) is 11.8. The van der Waals surface area contributed by atoms with E-state index in [4.69, 9.17) is 23.2 Å². The molecule has 0 atom stereocenters. The van der Waals surface area contributed by atoms with E-state index in [1.165, 1.54) is 0 Å². The van der Waals surface area contributed by atoms with E-state index in [-0.39, 0.29) is 11.6 Å². The zero-order valence-electron chi connectivity index (χ0n) is 8.81. The first-order valence-corrected chi connectivity index (χ1v) is 5.78. The molecule has 1 saturated carbocycles. The minimum atomic E-state index is -0.304. The van der Waals surface area contributed by atoms with Gasteiger partial charge < -0.3 is 10.6 Å². The second kappa shape index (κ2) is 4.15. The standard InChI is InChI=1S/C11H12Cl2N2O/c1-14-10(16)15-11(4-5-11)8-3-2-7(12)6-9(8)13/h2-3,6H,4-5H2,1H3,(H2,14,15,16). The van der Waals surface area contributed by atoms with Crippen molar-refractivity contribution in [1.29, 1.82) is 0 Å². The summed E-state index contributed by atoms with van der Waals surface area (Å²) in [5, 5.41) is 6.66. The molecule has 2 amide bonds. The third-order valence-corrected chi connectivity index (χ3v) is 3.32. The maximum Gasteiger partial charge on any atom is 0.315 e. The van der Waals surface area contributed by atoms with Crippen LogP contribution < -0.4 is 10.6 Å². The number of amides is 2. The van der Waals surface area contributed by atoms with Crippen LogP contribution in [0.25, 0.3) is 0 Å². The summed E-state index contributed by atoms with van der Waals surface area (Å²) >= 11 is 12.0. The van der Waals surface area contributed by atoms with E-state index < -0.39 is 0 Å². The zero-order valence-corrected chi connectivity index (χ0v) is 10.3. The van der Waals surface area contributed by atoms with Crippen LogP contribution in [-0.4, -0.2) is 13.1 Å². The fourth-order valence-electron chi connectivity index (χ4n) is 1.74. The lowest BCUT2D eigenvalue weighted by Crippen LogP contribution is -2.40. The fraction of sp³-hybridized carbons (Fsp3) is 0.364. The highest BCUT2D eigenvalue weighted by molar-refractivity contribution is 6.35. The van der Waals surface area contributed by atoms with E-state index in [2.05, 4.69) is 10.6 Å². The Morgan fingerprint density at radius 1 is 1.38 bits per heavy atom. The van der Waals surface area contributed by atoms with Crippen molar-refractivity contribution >= 4 is 29.2 Å². The number of carbonyl (C=O) groups is 1. The molecule has 5 heteroatoms. The molecule has 0 spiro atoms. The van der Waals surface area contributed by atoms with Gasteiger partial charge in [0.1, 0.15) is 0 Å². The van der Waals surface area contributed by atoms with Crippen LogP contribution in [0.2, 0.25) is 10.0 Å². The van der Waals surface area contributed by atoms with Crippen LogP contribution in [0.1, 0.15) is 18.4 Å². The highest BCUT2D eigenvalue weighted by atomic mass is 35.5. The van der Waals surface area contributed by atoms with Gasteiger partial charge in [-0.15, -0.1) is 0 Å². The highest BCUT2D eigenvalue weighted by Gasteiger charge is 2.46. The molecule has 0 radical (unpaired) electrons. The molecule has 86 valence electrons. The third kappa shape index (κ3) is 2.11. The predicted octanol–water partition coefficient (Wildman–Crippen LogP) is 2.91. The molecule has 1 aromatic rings. The monoisotopic (exact) mass is 258 g/mol. The van der Waals surface area contributed by atoms with Gasteiger partial charge in [-0.25, -0.2) is 4.79 Å². The van der Waals surface area contributed by atoms with Crippen molar-refractivity contribution in [2.24, 2.45) is 0 Å². The third-order valence-electron chi connectivity index (χ3n) is 2.78. The molecule has 0 aliphatic heterocycles. The Morgan fingerprint density at radius 2 is 2.06 bits per heavy atom. The van der Waals surface area contributed by atoms with Crippen LogP contribution in [-0.2, 0) is 5.54 Å². The summed E-state index contributed by atoms with van der Waals surface area (Å²) in [7, 11) is 1.59. The van der Waals surface area contributed by atoms with E-state index in [1.807, 2.05) is 6.07 Å². The predicted molar refractivity (Wildman–Crippen MR) is 65.0 cm³/mol. The molecule has 2 N–H and O–H groups in total. The number of urea groups is 1. The maximum absolute atomic E-state index is 11.3. The van der Waals surface area contributed by atoms with Crippen LogP contribution in [0.3, 0.4) is 0 Å². The Kier molecular flexibility index (Phi) is 3.00. The lowest BCUT2D eigenvalue weighted by Gasteiger charge is -2.19. The van der Waals surface area contributed by atoms with Crippen molar-refractivity contribution in [3.8, 4) is 0 Å². The van der Waals surface area contributed by atoms with E-state index in [0.717, 1.165) is 18.4 Å². The number of halogens is 2. The van der Waals surface area contributed by atoms with Gasteiger partial charge in [-0.3, -0.25) is 0 Å². The molecular formula is C11H12Cl2N2O. The van der Waals surface area contributed by atoms with E-state index >= 15 is 0 Å². The number of carbonyl (C=O) groups excluding carboxylic acids is 1. The van der Waals surface area contributed by atoms with E-state index in [9.17, 15) is 4.79 Å². The molecule has 0 unspecified atom stereocenters. The minimum absolute atomic E-state index is 0.191. The van der Waals surface area contributed by atoms with Gasteiger partial charge in [-0.2, -0.15) is 0 Å². The van der Waals surface area contributed by atoms with Gasteiger partial charge in [0.25, 0.3) is 0 Å². The van der Waals surface area contributed by atoms with Crippen LogP contribution in [0, 0.1) is 0 Å². The molecule has 2 rings (SSSR count). The Labute approximate surface area is 104 Å². The van der Waals surface area contributed by atoms with Crippen LogP contribution in [0.15, 0.2) is 18.2 Å². The number of hydrogen-bond donors (Lipinski definition) is 2. The van der Waals surface area contributed by atoms with Crippen molar-refractivity contribution in [2.75, 3.05) is 7.05 Å². The second-order valence-corrected chi connectivity index (χ2v) is 4.75. The molecule has 3 nitrogen and oxygen atoms in total. The van der Waals surface area contributed by atoms with Crippen molar-refractivity contribution in [2.45, 2.75) is 18.4 Å². The van der Waals surface area contributed by atoms with Crippen molar-refractivity contribution in [3.05, 3.63) is 33.8 Å². The summed E-state index contributed by atoms with van der Waals surface area (Å²) in [6, 6.07) is 5.16. The highest BCUT2D eigenvalue weighted by Crippen LogP contribution is 2.48. The molecule has 0 aromatic heterocycles. The lowest BCUT2D eigenvalue weighted by molar-refractivity contribution is 0.238. The van der Waals surface area contributed by atoms with Crippen LogP contribution in [0.4, 0.5) is 4.79 Å². The van der Waals surface area contributed by atoms with Crippen LogP contribution >= 0.6 is 23.2 Å². The normalized spacial score (nSPS) is 16.7. The van der Waals surface area contributed by atoms with Gasteiger partial charge in [0.15, 0.2) is 0 Å². The number of hydrogen-bond acceptors (Lipinski definition) is 1. The summed E-state index contributed by atoms with van der Waals surface area (Å²) in [5.74, 6) is 0.